The van der Waals surface area contributed by atoms with Gasteiger partial charge in [0.2, 0.25) is 0 Å². The van der Waals surface area contributed by atoms with E-state index in [-0.39, 0.29) is 12.4 Å². The van der Waals surface area contributed by atoms with Crippen molar-refractivity contribution in [1.82, 2.24) is 4.98 Å². The van der Waals surface area contributed by atoms with Crippen LogP contribution in [0.25, 0.3) is 0 Å². The van der Waals surface area contributed by atoms with Crippen LogP contribution >= 0.6 is 0 Å². The van der Waals surface area contributed by atoms with E-state index in [1.165, 1.54) is 0 Å². The normalized spacial score (nSPS) is 10.0. The molecule has 0 aliphatic carbocycles. The highest BCUT2D eigenvalue weighted by Crippen LogP contribution is 2.24. The van der Waals surface area contributed by atoms with E-state index in [1.807, 2.05) is 13.8 Å². The zero-order valence-electron chi connectivity index (χ0n) is 10.2. The molecule has 0 radical (unpaired) electrons. The van der Waals surface area contributed by atoms with Crippen molar-refractivity contribution in [2.24, 2.45) is 0 Å². The number of rotatable bonds is 4. The molecule has 0 N–H and O–H groups in total. The topological polar surface area (TPSA) is 48.4 Å². The van der Waals surface area contributed by atoms with Crippen molar-refractivity contribution in [2.45, 2.75) is 27.2 Å². The number of nitrogens with zero attached hydrogens (tertiary/aromatic N) is 1. The monoisotopic (exact) mass is 223 g/mol. The highest BCUT2D eigenvalue weighted by atomic mass is 16.5. The summed E-state index contributed by atoms with van der Waals surface area (Å²) < 4.78 is 10.2. The molecular formula is C12H17NO3. The zero-order chi connectivity index (χ0) is 12.1. The first-order valence-corrected chi connectivity index (χ1v) is 5.24. The number of esters is 1. The first-order valence-electron chi connectivity index (χ1n) is 5.24. The molecule has 1 heterocycles. The van der Waals surface area contributed by atoms with Crippen molar-refractivity contribution < 1.29 is 14.3 Å². The van der Waals surface area contributed by atoms with E-state index in [0.717, 1.165) is 16.9 Å². The maximum atomic E-state index is 11.3. The number of ether oxygens (including phenoxy) is 2. The number of methoxy groups -OCH3 is 1. The van der Waals surface area contributed by atoms with Crippen LogP contribution in [-0.4, -0.2) is 24.7 Å². The molecular weight excluding hydrogens is 206 g/mol. The highest BCUT2D eigenvalue weighted by Gasteiger charge is 2.13. The van der Waals surface area contributed by atoms with Gasteiger partial charge in [-0.1, -0.05) is 0 Å². The van der Waals surface area contributed by atoms with Crippen LogP contribution in [-0.2, 0) is 16.0 Å². The van der Waals surface area contributed by atoms with Crippen LogP contribution < -0.4 is 4.74 Å². The smallest absolute Gasteiger partial charge is 0.311 e. The van der Waals surface area contributed by atoms with Crippen molar-refractivity contribution >= 4 is 5.97 Å². The lowest BCUT2D eigenvalue weighted by molar-refractivity contribution is -0.142. The largest absolute Gasteiger partial charge is 0.496 e. The van der Waals surface area contributed by atoms with Gasteiger partial charge >= 0.3 is 5.97 Å². The van der Waals surface area contributed by atoms with Crippen LogP contribution in [0.15, 0.2) is 6.20 Å². The Morgan fingerprint density at radius 1 is 1.44 bits per heavy atom. The predicted octanol–water partition coefficient (Wildman–Crippen LogP) is 1.81. The summed E-state index contributed by atoms with van der Waals surface area (Å²) in [6.45, 7) is 6.00. The summed E-state index contributed by atoms with van der Waals surface area (Å²) >= 11 is 0. The number of aryl methyl sites for hydroxylation is 1. The Hall–Kier alpha value is -1.58. The van der Waals surface area contributed by atoms with Crippen LogP contribution in [0.1, 0.15) is 23.7 Å². The molecule has 1 rings (SSSR count). The summed E-state index contributed by atoms with van der Waals surface area (Å²) in [6, 6.07) is 0. The lowest BCUT2D eigenvalue weighted by atomic mass is 10.1. The molecule has 0 unspecified atom stereocenters. The van der Waals surface area contributed by atoms with Gasteiger partial charge in [0.05, 0.1) is 25.8 Å². The summed E-state index contributed by atoms with van der Waals surface area (Å²) in [7, 11) is 1.61. The van der Waals surface area contributed by atoms with E-state index in [0.29, 0.717) is 12.3 Å². The van der Waals surface area contributed by atoms with Gasteiger partial charge in [-0.15, -0.1) is 0 Å². The van der Waals surface area contributed by atoms with E-state index in [2.05, 4.69) is 4.98 Å². The van der Waals surface area contributed by atoms with Crippen LogP contribution in [0.4, 0.5) is 0 Å². The minimum atomic E-state index is -0.260. The number of carbonyl (C=O) groups is 1. The summed E-state index contributed by atoms with van der Waals surface area (Å²) in [5, 5.41) is 0. The molecule has 0 saturated heterocycles. The fourth-order valence-corrected chi connectivity index (χ4v) is 1.60. The van der Waals surface area contributed by atoms with E-state index in [9.17, 15) is 4.79 Å². The quantitative estimate of drug-likeness (QED) is 0.730. The Bertz CT molecular complexity index is 388. The van der Waals surface area contributed by atoms with E-state index in [4.69, 9.17) is 9.47 Å². The zero-order valence-corrected chi connectivity index (χ0v) is 10.2. The molecule has 4 nitrogen and oxygen atoms in total. The third kappa shape index (κ3) is 2.72. The van der Waals surface area contributed by atoms with Gasteiger partial charge in [0.15, 0.2) is 0 Å². The summed E-state index contributed by atoms with van der Waals surface area (Å²) in [5.74, 6) is 0.526. The van der Waals surface area contributed by atoms with Crippen LogP contribution in [0.5, 0.6) is 5.75 Å². The molecule has 4 heteroatoms. The van der Waals surface area contributed by atoms with Gasteiger partial charge in [-0.25, -0.2) is 0 Å². The standard InChI is InChI=1S/C12H17NO3/c1-5-16-11(14)6-10-9(3)12(15-4)8(2)7-13-10/h7H,5-6H2,1-4H3. The molecule has 16 heavy (non-hydrogen) atoms. The van der Waals surface area contributed by atoms with Crippen molar-refractivity contribution in [2.75, 3.05) is 13.7 Å². The second kappa shape index (κ2) is 5.49. The minimum Gasteiger partial charge on any atom is -0.496 e. The van der Waals surface area contributed by atoms with E-state index >= 15 is 0 Å². The fraction of sp³-hybridized carbons (Fsp3) is 0.500. The van der Waals surface area contributed by atoms with Crippen molar-refractivity contribution in [3.8, 4) is 5.75 Å². The highest BCUT2D eigenvalue weighted by molar-refractivity contribution is 5.72. The number of hydrogen-bond donors (Lipinski definition) is 0. The molecule has 1 aromatic rings. The molecule has 0 bridgehead atoms. The van der Waals surface area contributed by atoms with Crippen LogP contribution in [0, 0.1) is 13.8 Å². The van der Waals surface area contributed by atoms with Gasteiger partial charge in [0.1, 0.15) is 5.75 Å². The number of pyridine rings is 1. The Labute approximate surface area is 95.6 Å². The molecule has 0 fully saturated rings. The van der Waals surface area contributed by atoms with Gasteiger partial charge in [0.25, 0.3) is 0 Å². The third-order valence-corrected chi connectivity index (χ3v) is 2.37. The first kappa shape index (κ1) is 12.5. The lowest BCUT2D eigenvalue weighted by Gasteiger charge is -2.11. The number of carbonyl (C=O) groups excluding carboxylic acids is 1. The number of hydrogen-bond acceptors (Lipinski definition) is 4. The average molecular weight is 223 g/mol. The van der Waals surface area contributed by atoms with Gasteiger partial charge in [-0.05, 0) is 20.8 Å². The van der Waals surface area contributed by atoms with Crippen molar-refractivity contribution in [1.29, 1.82) is 0 Å². The molecule has 0 aliphatic heterocycles. The Kier molecular flexibility index (Phi) is 4.28. The molecule has 88 valence electrons. The Morgan fingerprint density at radius 3 is 2.69 bits per heavy atom. The minimum absolute atomic E-state index is 0.191. The van der Waals surface area contributed by atoms with Crippen molar-refractivity contribution in [3.63, 3.8) is 0 Å². The Morgan fingerprint density at radius 2 is 2.12 bits per heavy atom. The second-order valence-electron chi connectivity index (χ2n) is 3.53. The molecule has 0 saturated carbocycles. The number of aromatic nitrogens is 1. The molecule has 0 spiro atoms. The van der Waals surface area contributed by atoms with Gasteiger partial charge < -0.3 is 9.47 Å². The first-order chi connectivity index (χ1) is 7.60. The molecule has 0 atom stereocenters. The molecule has 1 aromatic heterocycles. The molecule has 0 aromatic carbocycles. The van der Waals surface area contributed by atoms with Gasteiger partial charge in [0, 0.05) is 17.3 Å². The van der Waals surface area contributed by atoms with Crippen LogP contribution in [0.3, 0.4) is 0 Å². The van der Waals surface area contributed by atoms with E-state index < -0.39 is 0 Å². The maximum Gasteiger partial charge on any atom is 0.311 e. The van der Waals surface area contributed by atoms with Gasteiger partial charge in [-0.3, -0.25) is 9.78 Å². The predicted molar refractivity (Wildman–Crippen MR) is 60.6 cm³/mol. The lowest BCUT2D eigenvalue weighted by Crippen LogP contribution is -2.10. The fourth-order valence-electron chi connectivity index (χ4n) is 1.60. The Balaban J connectivity index is 2.93. The maximum absolute atomic E-state index is 11.3. The molecule has 0 amide bonds. The SMILES string of the molecule is CCOC(=O)Cc1ncc(C)c(OC)c1C. The summed E-state index contributed by atoms with van der Waals surface area (Å²) in [4.78, 5) is 15.6. The van der Waals surface area contributed by atoms with Crippen LogP contribution in [0.2, 0.25) is 0 Å². The average Bonchev–Trinajstić information content (AvgIpc) is 2.23. The van der Waals surface area contributed by atoms with Crippen molar-refractivity contribution in [3.05, 3.63) is 23.0 Å². The second-order valence-corrected chi connectivity index (χ2v) is 3.53. The van der Waals surface area contributed by atoms with Gasteiger partial charge in [-0.2, -0.15) is 0 Å². The summed E-state index contributed by atoms with van der Waals surface area (Å²) in [6.07, 6.45) is 1.90. The summed E-state index contributed by atoms with van der Waals surface area (Å²) in [5.41, 5.74) is 2.57. The van der Waals surface area contributed by atoms with E-state index in [1.54, 1.807) is 20.2 Å². The third-order valence-electron chi connectivity index (χ3n) is 2.37. The molecule has 0 aliphatic rings.